The van der Waals surface area contributed by atoms with Gasteiger partial charge >= 0.3 is 26.3 Å². The van der Waals surface area contributed by atoms with Crippen molar-refractivity contribution < 1.29 is 53.1 Å². The van der Waals surface area contributed by atoms with Crippen molar-refractivity contribution >= 4 is 7.75 Å². The van der Waals surface area contributed by atoms with Crippen LogP contribution in [0.2, 0.25) is 0 Å². The average Bonchev–Trinajstić information content (AvgIpc) is 2.66. The molecule has 1 unspecified atom stereocenters. The van der Waals surface area contributed by atoms with Gasteiger partial charge in [0.15, 0.2) is 0 Å². The second-order valence-corrected chi connectivity index (χ2v) is 8.42. The predicted molar refractivity (Wildman–Crippen MR) is 99.7 cm³/mol. The molecule has 0 aliphatic rings. The first kappa shape index (κ1) is 26.8. The van der Waals surface area contributed by atoms with Gasteiger partial charge in [0.25, 0.3) is 0 Å². The largest absolute Gasteiger partial charge is 0.515 e. The van der Waals surface area contributed by atoms with Gasteiger partial charge in [0.2, 0.25) is 0 Å². The van der Waals surface area contributed by atoms with Crippen molar-refractivity contribution in [2.75, 3.05) is 13.1 Å². The summed E-state index contributed by atoms with van der Waals surface area (Å²) >= 11 is 0. The first-order valence-corrected chi connectivity index (χ1v) is 10.7. The Morgan fingerprint density at radius 1 is 0.667 bits per heavy atom. The molecule has 4 nitrogen and oxygen atoms in total. The Morgan fingerprint density at radius 3 is 1.42 bits per heavy atom. The van der Waals surface area contributed by atoms with Crippen molar-refractivity contribution in [3.05, 3.63) is 59.2 Å². The van der Waals surface area contributed by atoms with Crippen LogP contribution in [-0.2, 0) is 23.1 Å². The summed E-state index contributed by atoms with van der Waals surface area (Å²) in [4.78, 5) is 0. The van der Waals surface area contributed by atoms with Gasteiger partial charge in [-0.15, -0.1) is 0 Å². The van der Waals surface area contributed by atoms with E-state index in [1.807, 2.05) is 0 Å². The van der Waals surface area contributed by atoms with Crippen LogP contribution in [0.4, 0.5) is 39.5 Å². The molecule has 184 valence electrons. The highest BCUT2D eigenvalue weighted by atomic mass is 31.2. The quantitative estimate of drug-likeness (QED) is 0.284. The molecule has 0 radical (unpaired) electrons. The van der Waals surface area contributed by atoms with E-state index in [2.05, 4.69) is 0 Å². The first-order chi connectivity index (χ1) is 15.0. The number of nitrogens with zero attached hydrogens (tertiary/aromatic N) is 1. The molecule has 14 heteroatoms. The van der Waals surface area contributed by atoms with Gasteiger partial charge in [-0.25, -0.2) is 4.57 Å². The fourth-order valence-electron chi connectivity index (χ4n) is 2.65. The van der Waals surface area contributed by atoms with E-state index < -0.39 is 54.5 Å². The standard InChI is InChI=1S/C19H17F9NO3P/c1-3-29(4-2)33(30,31-15-7-5-12(6-8-15)17(20,21)22)32-16-10-13(18(23,24)25)9-14(11-16)19(26,27)28/h5-11H,3-4H2,1-2H3. The Bertz CT molecular complexity index is 965. The molecule has 1 atom stereocenters. The zero-order valence-electron chi connectivity index (χ0n) is 17.0. The van der Waals surface area contributed by atoms with E-state index >= 15 is 0 Å². The third-order valence-electron chi connectivity index (χ3n) is 4.26. The van der Waals surface area contributed by atoms with E-state index in [0.29, 0.717) is 12.1 Å². The van der Waals surface area contributed by atoms with Crippen LogP contribution in [-0.4, -0.2) is 17.8 Å². The van der Waals surface area contributed by atoms with Crippen molar-refractivity contribution in [3.8, 4) is 11.5 Å². The molecular weight excluding hydrogens is 492 g/mol. The van der Waals surface area contributed by atoms with E-state index in [9.17, 15) is 44.1 Å². The van der Waals surface area contributed by atoms with E-state index in [0.717, 1.165) is 16.8 Å². The zero-order valence-corrected chi connectivity index (χ0v) is 17.9. The highest BCUT2D eigenvalue weighted by Crippen LogP contribution is 2.53. The minimum atomic E-state index is -5.17. The van der Waals surface area contributed by atoms with E-state index in [-0.39, 0.29) is 31.3 Å². The van der Waals surface area contributed by atoms with E-state index in [1.165, 1.54) is 13.8 Å². The SMILES string of the molecule is CCN(CC)P(=O)(Oc1ccc(C(F)(F)F)cc1)Oc1cc(C(F)(F)F)cc(C(F)(F)F)c1. The average molecular weight is 509 g/mol. The van der Waals surface area contributed by atoms with Crippen LogP contribution >= 0.6 is 7.75 Å². The molecule has 2 rings (SSSR count). The third kappa shape index (κ3) is 6.80. The van der Waals surface area contributed by atoms with E-state index in [1.54, 1.807) is 0 Å². The molecule has 0 aliphatic heterocycles. The lowest BCUT2D eigenvalue weighted by atomic mass is 10.1. The van der Waals surface area contributed by atoms with Crippen molar-refractivity contribution in [3.63, 3.8) is 0 Å². The van der Waals surface area contributed by atoms with Crippen LogP contribution in [0.5, 0.6) is 11.5 Å². The summed E-state index contributed by atoms with van der Waals surface area (Å²) in [5.74, 6) is -1.44. The summed E-state index contributed by atoms with van der Waals surface area (Å²) in [6.07, 6.45) is -15.0. The van der Waals surface area contributed by atoms with Crippen molar-refractivity contribution in [2.45, 2.75) is 32.4 Å². The van der Waals surface area contributed by atoms with Crippen LogP contribution in [0, 0.1) is 0 Å². The summed E-state index contributed by atoms with van der Waals surface area (Å²) in [7, 11) is -4.66. The van der Waals surface area contributed by atoms with Crippen molar-refractivity contribution in [1.82, 2.24) is 4.67 Å². The van der Waals surface area contributed by atoms with Crippen LogP contribution < -0.4 is 9.05 Å². The van der Waals surface area contributed by atoms with Crippen LogP contribution in [0.25, 0.3) is 0 Å². The number of hydrogen-bond acceptors (Lipinski definition) is 3. The highest BCUT2D eigenvalue weighted by molar-refractivity contribution is 7.52. The Morgan fingerprint density at radius 2 is 1.06 bits per heavy atom. The molecule has 0 heterocycles. The summed E-state index contributed by atoms with van der Waals surface area (Å²) in [5, 5.41) is 0. The molecule has 0 saturated carbocycles. The molecule has 0 amide bonds. The number of halogens is 9. The lowest BCUT2D eigenvalue weighted by molar-refractivity contribution is -0.143. The molecule has 0 N–H and O–H groups in total. The summed E-state index contributed by atoms with van der Waals surface area (Å²) in [6.45, 7) is 2.78. The summed E-state index contributed by atoms with van der Waals surface area (Å²) in [5.41, 5.74) is -4.46. The lowest BCUT2D eigenvalue weighted by Crippen LogP contribution is -2.25. The van der Waals surface area contributed by atoms with Gasteiger partial charge in [0, 0.05) is 13.1 Å². The third-order valence-corrected chi connectivity index (χ3v) is 6.40. The van der Waals surface area contributed by atoms with Gasteiger partial charge in [0.05, 0.1) is 16.7 Å². The number of hydrogen-bond donors (Lipinski definition) is 0. The smallest absolute Gasteiger partial charge is 0.404 e. The Labute approximate surface area is 182 Å². The van der Waals surface area contributed by atoms with Gasteiger partial charge in [-0.1, -0.05) is 13.8 Å². The van der Waals surface area contributed by atoms with Crippen LogP contribution in [0.3, 0.4) is 0 Å². The maximum Gasteiger partial charge on any atom is 0.515 e. The van der Waals surface area contributed by atoms with Gasteiger partial charge in [-0.3, -0.25) is 0 Å². The Balaban J connectivity index is 2.52. The molecular formula is C19H17F9NO3P. The fraction of sp³-hybridized carbons (Fsp3) is 0.368. The van der Waals surface area contributed by atoms with Crippen molar-refractivity contribution in [1.29, 1.82) is 0 Å². The normalized spacial score (nSPS) is 14.8. The molecule has 33 heavy (non-hydrogen) atoms. The molecule has 0 aromatic heterocycles. The fourth-order valence-corrected chi connectivity index (χ4v) is 4.38. The number of benzene rings is 2. The number of alkyl halides is 9. The molecule has 0 bridgehead atoms. The maximum absolute atomic E-state index is 13.4. The predicted octanol–water partition coefficient (Wildman–Crippen LogP) is 7.65. The van der Waals surface area contributed by atoms with Crippen LogP contribution in [0.15, 0.2) is 42.5 Å². The molecule has 2 aromatic rings. The molecule has 0 fully saturated rings. The molecule has 2 aromatic carbocycles. The van der Waals surface area contributed by atoms with Gasteiger partial charge in [0.1, 0.15) is 11.5 Å². The second kappa shape index (κ2) is 9.46. The summed E-state index contributed by atoms with van der Waals surface area (Å²) < 4.78 is 142. The maximum atomic E-state index is 13.4. The Kier molecular flexibility index (Phi) is 7.69. The van der Waals surface area contributed by atoms with E-state index in [4.69, 9.17) is 9.05 Å². The monoisotopic (exact) mass is 509 g/mol. The summed E-state index contributed by atoms with van der Waals surface area (Å²) in [6, 6.07) is 3.13. The Hall–Kier alpha value is -2.40. The van der Waals surface area contributed by atoms with Crippen LogP contribution in [0.1, 0.15) is 30.5 Å². The molecule has 0 aliphatic carbocycles. The minimum Gasteiger partial charge on any atom is -0.404 e. The second-order valence-electron chi connectivity index (χ2n) is 6.55. The topological polar surface area (TPSA) is 38.8 Å². The van der Waals surface area contributed by atoms with Gasteiger partial charge < -0.3 is 9.05 Å². The van der Waals surface area contributed by atoms with Gasteiger partial charge in [-0.2, -0.15) is 44.2 Å². The highest BCUT2D eigenvalue weighted by Gasteiger charge is 2.40. The van der Waals surface area contributed by atoms with Gasteiger partial charge in [-0.05, 0) is 42.5 Å². The minimum absolute atomic E-state index is 0.0699. The van der Waals surface area contributed by atoms with Crippen molar-refractivity contribution in [2.24, 2.45) is 0 Å². The molecule has 0 spiro atoms. The molecule has 0 saturated heterocycles. The first-order valence-electron chi connectivity index (χ1n) is 9.21. The lowest BCUT2D eigenvalue weighted by Gasteiger charge is -2.29. The number of rotatable bonds is 7. The zero-order chi connectivity index (χ0) is 25.2.